The summed E-state index contributed by atoms with van der Waals surface area (Å²) in [5.74, 6) is 1.01. The van der Waals surface area contributed by atoms with E-state index >= 15 is 0 Å². The number of aryl methyl sites for hydroxylation is 1. The minimum Gasteiger partial charge on any atom is -0.461 e. The van der Waals surface area contributed by atoms with Crippen molar-refractivity contribution in [1.29, 1.82) is 0 Å². The minimum absolute atomic E-state index is 0.166. The third-order valence-corrected chi connectivity index (χ3v) is 2.33. The molecule has 0 aliphatic heterocycles. The molecule has 0 radical (unpaired) electrons. The molecular formula is C12H12O2. The molecule has 72 valence electrons. The SMILES string of the molecule is CC(=O)Cc1c(C)oc2ccccc12. The topological polar surface area (TPSA) is 30.2 Å². The molecule has 0 amide bonds. The molecule has 0 aliphatic rings. The summed E-state index contributed by atoms with van der Waals surface area (Å²) < 4.78 is 5.55. The number of ketones is 1. The van der Waals surface area contributed by atoms with Crippen molar-refractivity contribution in [2.24, 2.45) is 0 Å². The van der Waals surface area contributed by atoms with Crippen molar-refractivity contribution >= 4 is 16.8 Å². The first-order valence-corrected chi connectivity index (χ1v) is 4.65. The minimum atomic E-state index is 0.166. The molecule has 0 saturated heterocycles. The molecule has 14 heavy (non-hydrogen) atoms. The molecule has 2 nitrogen and oxygen atoms in total. The van der Waals surface area contributed by atoms with Crippen LogP contribution in [0.3, 0.4) is 0 Å². The van der Waals surface area contributed by atoms with Crippen LogP contribution in [0.4, 0.5) is 0 Å². The van der Waals surface area contributed by atoms with Gasteiger partial charge in [0, 0.05) is 17.4 Å². The fraction of sp³-hybridized carbons (Fsp3) is 0.250. The van der Waals surface area contributed by atoms with E-state index in [0.29, 0.717) is 6.42 Å². The Balaban J connectivity index is 2.62. The molecule has 0 N–H and O–H groups in total. The van der Waals surface area contributed by atoms with Crippen LogP contribution >= 0.6 is 0 Å². The van der Waals surface area contributed by atoms with Gasteiger partial charge in [-0.3, -0.25) is 4.79 Å². The summed E-state index contributed by atoms with van der Waals surface area (Å²) in [5, 5.41) is 1.06. The second-order valence-corrected chi connectivity index (χ2v) is 3.51. The standard InChI is InChI=1S/C12H12O2/c1-8(13)7-11-9(2)14-12-6-4-3-5-10(11)12/h3-6H,7H2,1-2H3. The normalized spacial score (nSPS) is 10.7. The zero-order valence-corrected chi connectivity index (χ0v) is 8.33. The quantitative estimate of drug-likeness (QED) is 0.725. The maximum Gasteiger partial charge on any atom is 0.134 e. The van der Waals surface area contributed by atoms with Crippen LogP contribution in [0.5, 0.6) is 0 Å². The van der Waals surface area contributed by atoms with Crippen molar-refractivity contribution in [3.8, 4) is 0 Å². The molecule has 0 aliphatic carbocycles. The summed E-state index contributed by atoms with van der Waals surface area (Å²) >= 11 is 0. The highest BCUT2D eigenvalue weighted by atomic mass is 16.3. The van der Waals surface area contributed by atoms with Gasteiger partial charge in [-0.15, -0.1) is 0 Å². The first-order chi connectivity index (χ1) is 6.68. The third-order valence-electron chi connectivity index (χ3n) is 2.33. The van der Waals surface area contributed by atoms with Crippen LogP contribution in [0, 0.1) is 6.92 Å². The maximum absolute atomic E-state index is 11.1. The maximum atomic E-state index is 11.1. The zero-order chi connectivity index (χ0) is 10.1. The largest absolute Gasteiger partial charge is 0.461 e. The number of benzene rings is 1. The zero-order valence-electron chi connectivity index (χ0n) is 8.33. The summed E-state index contributed by atoms with van der Waals surface area (Å²) in [5.41, 5.74) is 1.88. The lowest BCUT2D eigenvalue weighted by Crippen LogP contribution is -1.96. The number of furan rings is 1. The van der Waals surface area contributed by atoms with E-state index in [0.717, 1.165) is 22.3 Å². The predicted molar refractivity (Wildman–Crippen MR) is 55.3 cm³/mol. The van der Waals surface area contributed by atoms with Gasteiger partial charge in [0.1, 0.15) is 17.1 Å². The molecule has 2 heteroatoms. The summed E-state index contributed by atoms with van der Waals surface area (Å²) in [4.78, 5) is 11.1. The lowest BCUT2D eigenvalue weighted by Gasteiger charge is -1.94. The Morgan fingerprint density at radius 1 is 1.36 bits per heavy atom. The van der Waals surface area contributed by atoms with Crippen LogP contribution in [-0.2, 0) is 11.2 Å². The van der Waals surface area contributed by atoms with Gasteiger partial charge in [0.15, 0.2) is 0 Å². The second kappa shape index (κ2) is 3.29. The molecule has 0 atom stereocenters. The van der Waals surface area contributed by atoms with Gasteiger partial charge < -0.3 is 4.42 Å². The number of fused-ring (bicyclic) bond motifs is 1. The molecule has 1 aromatic heterocycles. The highest BCUT2D eigenvalue weighted by molar-refractivity contribution is 5.88. The second-order valence-electron chi connectivity index (χ2n) is 3.51. The van der Waals surface area contributed by atoms with Gasteiger partial charge in [-0.25, -0.2) is 0 Å². The molecule has 0 spiro atoms. The van der Waals surface area contributed by atoms with E-state index in [1.165, 1.54) is 0 Å². The molecule has 1 heterocycles. The third kappa shape index (κ3) is 1.43. The van der Waals surface area contributed by atoms with E-state index in [-0.39, 0.29) is 5.78 Å². The highest BCUT2D eigenvalue weighted by Crippen LogP contribution is 2.25. The Morgan fingerprint density at radius 2 is 2.07 bits per heavy atom. The van der Waals surface area contributed by atoms with Crippen LogP contribution in [0.15, 0.2) is 28.7 Å². The first kappa shape index (κ1) is 9.00. The number of hydrogen-bond donors (Lipinski definition) is 0. The number of hydrogen-bond acceptors (Lipinski definition) is 2. The summed E-state index contributed by atoms with van der Waals surface area (Å²) in [6.07, 6.45) is 0.461. The van der Waals surface area contributed by atoms with Crippen molar-refractivity contribution < 1.29 is 9.21 Å². The average Bonchev–Trinajstić information content (AvgIpc) is 2.43. The number of Topliss-reactive ketones (excluding diaryl/α,β-unsaturated/α-hetero) is 1. The van der Waals surface area contributed by atoms with E-state index in [2.05, 4.69) is 0 Å². The van der Waals surface area contributed by atoms with Gasteiger partial charge in [0.2, 0.25) is 0 Å². The van der Waals surface area contributed by atoms with Gasteiger partial charge in [-0.05, 0) is 19.9 Å². The fourth-order valence-electron chi connectivity index (χ4n) is 1.69. The molecule has 0 bridgehead atoms. The van der Waals surface area contributed by atoms with Crippen molar-refractivity contribution in [2.75, 3.05) is 0 Å². The van der Waals surface area contributed by atoms with Crippen LogP contribution in [-0.4, -0.2) is 5.78 Å². The average molecular weight is 188 g/mol. The van der Waals surface area contributed by atoms with Crippen molar-refractivity contribution in [3.05, 3.63) is 35.6 Å². The lowest BCUT2D eigenvalue weighted by molar-refractivity contribution is -0.116. The first-order valence-electron chi connectivity index (χ1n) is 4.65. The van der Waals surface area contributed by atoms with Gasteiger partial charge in [0.25, 0.3) is 0 Å². The Morgan fingerprint density at radius 3 is 2.79 bits per heavy atom. The van der Waals surface area contributed by atoms with Crippen LogP contribution in [0.1, 0.15) is 18.2 Å². The molecule has 0 unspecified atom stereocenters. The number of para-hydroxylation sites is 1. The van der Waals surface area contributed by atoms with Crippen molar-refractivity contribution in [2.45, 2.75) is 20.3 Å². The predicted octanol–water partition coefficient (Wildman–Crippen LogP) is 2.87. The van der Waals surface area contributed by atoms with Gasteiger partial charge in [-0.2, -0.15) is 0 Å². The Labute approximate surface area is 82.5 Å². The molecule has 2 aromatic rings. The van der Waals surface area contributed by atoms with E-state index in [9.17, 15) is 4.79 Å². The summed E-state index contributed by atoms with van der Waals surface area (Å²) in [6, 6.07) is 7.81. The Hall–Kier alpha value is -1.57. The van der Waals surface area contributed by atoms with E-state index in [1.54, 1.807) is 6.92 Å². The van der Waals surface area contributed by atoms with Crippen LogP contribution in [0.25, 0.3) is 11.0 Å². The number of carbonyl (C=O) groups excluding carboxylic acids is 1. The number of carbonyl (C=O) groups is 1. The summed E-state index contributed by atoms with van der Waals surface area (Å²) in [6.45, 7) is 3.50. The highest BCUT2D eigenvalue weighted by Gasteiger charge is 2.11. The lowest BCUT2D eigenvalue weighted by atomic mass is 10.1. The molecule has 1 aromatic carbocycles. The Bertz CT molecular complexity index is 480. The van der Waals surface area contributed by atoms with E-state index < -0.39 is 0 Å². The van der Waals surface area contributed by atoms with Crippen molar-refractivity contribution in [3.63, 3.8) is 0 Å². The smallest absolute Gasteiger partial charge is 0.134 e. The molecule has 0 saturated carbocycles. The Kier molecular flexibility index (Phi) is 2.12. The van der Waals surface area contributed by atoms with E-state index in [1.807, 2.05) is 31.2 Å². The van der Waals surface area contributed by atoms with Crippen LogP contribution < -0.4 is 0 Å². The van der Waals surface area contributed by atoms with E-state index in [4.69, 9.17) is 4.42 Å². The molecular weight excluding hydrogens is 176 g/mol. The van der Waals surface area contributed by atoms with Crippen LogP contribution in [0.2, 0.25) is 0 Å². The van der Waals surface area contributed by atoms with Gasteiger partial charge in [0.05, 0.1) is 0 Å². The number of rotatable bonds is 2. The molecule has 0 fully saturated rings. The van der Waals surface area contributed by atoms with Gasteiger partial charge >= 0.3 is 0 Å². The van der Waals surface area contributed by atoms with Gasteiger partial charge in [-0.1, -0.05) is 18.2 Å². The molecule has 2 rings (SSSR count). The fourth-order valence-corrected chi connectivity index (χ4v) is 1.69. The summed E-state index contributed by atoms with van der Waals surface area (Å²) in [7, 11) is 0. The monoisotopic (exact) mass is 188 g/mol. The van der Waals surface area contributed by atoms with Crippen molar-refractivity contribution in [1.82, 2.24) is 0 Å².